The zero-order valence-electron chi connectivity index (χ0n) is 8.13. The van der Waals surface area contributed by atoms with E-state index in [9.17, 15) is 4.79 Å². The van der Waals surface area contributed by atoms with Crippen molar-refractivity contribution in [2.75, 3.05) is 5.73 Å². The molecule has 0 amide bonds. The molecule has 16 heavy (non-hydrogen) atoms. The molecule has 0 fully saturated rings. The van der Waals surface area contributed by atoms with E-state index in [1.807, 2.05) is 0 Å². The highest BCUT2D eigenvalue weighted by atomic mass is 35.5. The monoisotopic (exact) mass is 254 g/mol. The van der Waals surface area contributed by atoms with Crippen LogP contribution in [-0.2, 0) is 0 Å². The zero-order chi connectivity index (χ0) is 11.7. The molecular formula is C11H8Cl2N2O. The maximum Gasteiger partial charge on any atom is 0.212 e. The molecule has 0 unspecified atom stereocenters. The molecule has 0 bridgehead atoms. The molecule has 3 nitrogen and oxygen atoms in total. The maximum atomic E-state index is 11.8. The van der Waals surface area contributed by atoms with Crippen molar-refractivity contribution in [3.8, 4) is 11.1 Å². The number of hydrogen-bond donors (Lipinski definition) is 2. The first-order valence-corrected chi connectivity index (χ1v) is 5.26. The minimum atomic E-state index is -0.239. The quantitative estimate of drug-likeness (QED) is 0.822. The molecule has 0 atom stereocenters. The second kappa shape index (κ2) is 4.20. The Labute approximate surface area is 102 Å². The first kappa shape index (κ1) is 11.0. The van der Waals surface area contributed by atoms with E-state index in [2.05, 4.69) is 4.98 Å². The van der Waals surface area contributed by atoms with Gasteiger partial charge in [0.1, 0.15) is 0 Å². The highest BCUT2D eigenvalue weighted by molar-refractivity contribution is 6.35. The Balaban J connectivity index is 2.68. The average Bonchev–Trinajstić information content (AvgIpc) is 2.20. The van der Waals surface area contributed by atoms with E-state index in [-0.39, 0.29) is 11.1 Å². The van der Waals surface area contributed by atoms with E-state index >= 15 is 0 Å². The number of aromatic amines is 1. The van der Waals surface area contributed by atoms with Crippen LogP contribution in [0.25, 0.3) is 11.1 Å². The third-order valence-electron chi connectivity index (χ3n) is 2.15. The summed E-state index contributed by atoms with van der Waals surface area (Å²) in [5.74, 6) is 0. The third kappa shape index (κ3) is 2.05. The van der Waals surface area contributed by atoms with Crippen LogP contribution in [0.2, 0.25) is 10.0 Å². The molecular weight excluding hydrogens is 247 g/mol. The number of aromatic nitrogens is 1. The Hall–Kier alpha value is -1.45. The normalized spacial score (nSPS) is 10.4. The van der Waals surface area contributed by atoms with Crippen LogP contribution < -0.4 is 11.2 Å². The lowest BCUT2D eigenvalue weighted by atomic mass is 10.1. The molecule has 0 saturated carbocycles. The van der Waals surface area contributed by atoms with E-state index in [1.165, 1.54) is 6.20 Å². The Morgan fingerprint density at radius 2 is 1.69 bits per heavy atom. The highest BCUT2D eigenvalue weighted by Crippen LogP contribution is 2.25. The largest absolute Gasteiger partial charge is 0.394 e. The molecule has 0 aliphatic rings. The van der Waals surface area contributed by atoms with Gasteiger partial charge in [0, 0.05) is 28.0 Å². The van der Waals surface area contributed by atoms with Crippen LogP contribution in [0, 0.1) is 0 Å². The number of nitrogens with one attached hydrogen (secondary N) is 1. The minimum Gasteiger partial charge on any atom is -0.394 e. The summed E-state index contributed by atoms with van der Waals surface area (Å²) in [7, 11) is 0. The Kier molecular flexibility index (Phi) is 2.90. The lowest BCUT2D eigenvalue weighted by Crippen LogP contribution is -2.10. The molecule has 0 aliphatic carbocycles. The van der Waals surface area contributed by atoms with Crippen LogP contribution in [-0.4, -0.2) is 4.98 Å². The van der Waals surface area contributed by atoms with Crippen molar-refractivity contribution >= 4 is 28.9 Å². The fourth-order valence-electron chi connectivity index (χ4n) is 1.43. The summed E-state index contributed by atoms with van der Waals surface area (Å²) >= 11 is 11.7. The molecule has 0 saturated heterocycles. The number of hydrogen-bond acceptors (Lipinski definition) is 2. The zero-order valence-corrected chi connectivity index (χ0v) is 9.64. The minimum absolute atomic E-state index is 0.161. The summed E-state index contributed by atoms with van der Waals surface area (Å²) < 4.78 is 0. The highest BCUT2D eigenvalue weighted by Gasteiger charge is 2.07. The summed E-state index contributed by atoms with van der Waals surface area (Å²) in [6, 6.07) is 4.93. The molecule has 0 radical (unpaired) electrons. The maximum absolute atomic E-state index is 11.8. The SMILES string of the molecule is Nc1c[nH]cc(-c2cc(Cl)cc(Cl)c2)c1=O. The number of nitrogens with two attached hydrogens (primary N) is 1. The summed E-state index contributed by atoms with van der Waals surface area (Å²) in [6.45, 7) is 0. The number of halogens is 2. The molecule has 1 aromatic carbocycles. The second-order valence-electron chi connectivity index (χ2n) is 3.31. The lowest BCUT2D eigenvalue weighted by Gasteiger charge is -2.03. The van der Waals surface area contributed by atoms with Gasteiger partial charge in [-0.1, -0.05) is 23.2 Å². The molecule has 5 heteroatoms. The summed E-state index contributed by atoms with van der Waals surface area (Å²) in [5, 5.41) is 0.952. The van der Waals surface area contributed by atoms with Gasteiger partial charge in [-0.2, -0.15) is 0 Å². The van der Waals surface area contributed by atoms with Crippen LogP contribution in [0.3, 0.4) is 0 Å². The molecule has 1 aromatic heterocycles. The van der Waals surface area contributed by atoms with E-state index in [0.717, 1.165) is 0 Å². The molecule has 82 valence electrons. The van der Waals surface area contributed by atoms with E-state index in [4.69, 9.17) is 28.9 Å². The van der Waals surface area contributed by atoms with Crippen LogP contribution in [0.15, 0.2) is 35.4 Å². The number of H-pyrrole nitrogens is 1. The van der Waals surface area contributed by atoms with Gasteiger partial charge < -0.3 is 10.7 Å². The third-order valence-corrected chi connectivity index (χ3v) is 2.58. The van der Waals surface area contributed by atoms with Crippen LogP contribution in [0.1, 0.15) is 0 Å². The standard InChI is InChI=1S/C11H8Cl2N2O/c12-7-1-6(2-8(13)3-7)9-4-15-5-10(14)11(9)16/h1-5H,14H2,(H,15,16). The van der Waals surface area contributed by atoms with Gasteiger partial charge in [-0.25, -0.2) is 0 Å². The van der Waals surface area contributed by atoms with Crippen molar-refractivity contribution in [2.45, 2.75) is 0 Å². The molecule has 1 heterocycles. The number of nitrogen functional groups attached to an aromatic ring is 1. The van der Waals surface area contributed by atoms with Crippen molar-refractivity contribution in [3.05, 3.63) is 50.9 Å². The summed E-state index contributed by atoms with van der Waals surface area (Å²) in [4.78, 5) is 14.6. The van der Waals surface area contributed by atoms with Crippen molar-refractivity contribution in [1.29, 1.82) is 0 Å². The first-order valence-electron chi connectivity index (χ1n) is 4.51. The van der Waals surface area contributed by atoms with Crippen molar-refractivity contribution in [2.24, 2.45) is 0 Å². The summed E-state index contributed by atoms with van der Waals surface area (Å²) in [6.07, 6.45) is 3.01. The second-order valence-corrected chi connectivity index (χ2v) is 4.18. The van der Waals surface area contributed by atoms with Gasteiger partial charge >= 0.3 is 0 Å². The molecule has 2 aromatic rings. The smallest absolute Gasteiger partial charge is 0.212 e. The number of pyridine rings is 1. The van der Waals surface area contributed by atoms with Crippen molar-refractivity contribution in [3.63, 3.8) is 0 Å². The van der Waals surface area contributed by atoms with Crippen LogP contribution >= 0.6 is 23.2 Å². The van der Waals surface area contributed by atoms with E-state index in [1.54, 1.807) is 24.4 Å². The van der Waals surface area contributed by atoms with Gasteiger partial charge in [-0.3, -0.25) is 4.79 Å². The molecule has 3 N–H and O–H groups in total. The van der Waals surface area contributed by atoms with Gasteiger partial charge in [-0.15, -0.1) is 0 Å². The van der Waals surface area contributed by atoms with Gasteiger partial charge in [0.15, 0.2) is 0 Å². The topological polar surface area (TPSA) is 58.9 Å². The predicted octanol–water partition coefficient (Wildman–Crippen LogP) is 2.93. The predicted molar refractivity (Wildman–Crippen MR) is 66.9 cm³/mol. The summed E-state index contributed by atoms with van der Waals surface area (Å²) in [5.41, 5.74) is 6.54. The fourth-order valence-corrected chi connectivity index (χ4v) is 1.95. The van der Waals surface area contributed by atoms with Crippen molar-refractivity contribution in [1.82, 2.24) is 4.98 Å². The first-order chi connectivity index (χ1) is 7.58. The molecule has 2 rings (SSSR count). The van der Waals surface area contributed by atoms with Crippen LogP contribution in [0.4, 0.5) is 5.69 Å². The Morgan fingerprint density at radius 3 is 2.31 bits per heavy atom. The molecule has 0 spiro atoms. The fraction of sp³-hybridized carbons (Fsp3) is 0. The van der Waals surface area contributed by atoms with Gasteiger partial charge in [-0.05, 0) is 23.8 Å². The Bertz CT molecular complexity index is 573. The van der Waals surface area contributed by atoms with Crippen LogP contribution in [0.5, 0.6) is 0 Å². The number of benzene rings is 1. The van der Waals surface area contributed by atoms with Gasteiger partial charge in [0.2, 0.25) is 5.43 Å². The van der Waals surface area contributed by atoms with E-state index in [0.29, 0.717) is 21.2 Å². The van der Waals surface area contributed by atoms with Crippen molar-refractivity contribution < 1.29 is 0 Å². The van der Waals surface area contributed by atoms with Gasteiger partial charge in [0.05, 0.1) is 5.69 Å². The number of anilines is 1. The van der Waals surface area contributed by atoms with E-state index < -0.39 is 0 Å². The molecule has 0 aliphatic heterocycles. The van der Waals surface area contributed by atoms with Gasteiger partial charge in [0.25, 0.3) is 0 Å². The average molecular weight is 255 g/mol. The number of rotatable bonds is 1. The lowest BCUT2D eigenvalue weighted by molar-refractivity contribution is 1.31. The Morgan fingerprint density at radius 1 is 1.06 bits per heavy atom.